The largest absolute Gasteiger partial charge is 0.544 e. The summed E-state index contributed by atoms with van der Waals surface area (Å²) in [6, 6.07) is 6.79. The van der Waals surface area contributed by atoms with Gasteiger partial charge in [0.05, 0.1) is 25.5 Å². The Kier molecular flexibility index (Phi) is 5.58. The van der Waals surface area contributed by atoms with Crippen molar-refractivity contribution in [1.29, 1.82) is 0 Å². The van der Waals surface area contributed by atoms with E-state index in [9.17, 15) is 14.7 Å². The zero-order valence-corrected chi connectivity index (χ0v) is 14.4. The van der Waals surface area contributed by atoms with Gasteiger partial charge < -0.3 is 14.8 Å². The lowest BCUT2D eigenvalue weighted by molar-refractivity contribution is -0.922. The summed E-state index contributed by atoms with van der Waals surface area (Å²) in [5, 5.41) is 11.5. The molecule has 4 nitrogen and oxygen atoms in total. The molecule has 0 unspecified atom stereocenters. The number of aliphatic carboxylic acids is 1. The van der Waals surface area contributed by atoms with Crippen molar-refractivity contribution in [2.45, 2.75) is 57.9 Å². The van der Waals surface area contributed by atoms with Gasteiger partial charge in [-0.25, -0.2) is 0 Å². The fourth-order valence-electron chi connectivity index (χ4n) is 3.21. The molecule has 1 saturated heterocycles. The SMILES string of the molecule is CC(C)(C)c1ccc(C(=O)C[C@@H](C(=O)[O-])[NH+]2CCCCC2)cc1. The summed E-state index contributed by atoms with van der Waals surface area (Å²) in [6.07, 6.45) is 3.21. The molecule has 4 heteroatoms. The van der Waals surface area contributed by atoms with Crippen LogP contribution in [0.15, 0.2) is 24.3 Å². The van der Waals surface area contributed by atoms with Crippen molar-refractivity contribution in [3.63, 3.8) is 0 Å². The van der Waals surface area contributed by atoms with E-state index < -0.39 is 12.0 Å². The van der Waals surface area contributed by atoms with E-state index in [1.807, 2.05) is 12.1 Å². The van der Waals surface area contributed by atoms with Crippen LogP contribution in [-0.4, -0.2) is 30.9 Å². The van der Waals surface area contributed by atoms with Crippen LogP contribution < -0.4 is 10.0 Å². The molecule has 1 aliphatic rings. The maximum absolute atomic E-state index is 12.5. The van der Waals surface area contributed by atoms with Crippen molar-refractivity contribution in [1.82, 2.24) is 0 Å². The molecule has 0 aromatic heterocycles. The number of hydrogen-bond donors (Lipinski definition) is 1. The number of likely N-dealkylation sites (tertiary alicyclic amines) is 1. The molecular weight excluding hydrogens is 290 g/mol. The third-order valence-electron chi connectivity index (χ3n) is 4.74. The van der Waals surface area contributed by atoms with Gasteiger partial charge in [-0.1, -0.05) is 45.0 Å². The topological polar surface area (TPSA) is 61.6 Å². The van der Waals surface area contributed by atoms with Crippen LogP contribution in [0, 0.1) is 0 Å². The first-order valence-electron chi connectivity index (χ1n) is 8.48. The van der Waals surface area contributed by atoms with Gasteiger partial charge in [-0.2, -0.15) is 0 Å². The summed E-state index contributed by atoms with van der Waals surface area (Å²) in [7, 11) is 0. The van der Waals surface area contributed by atoms with Crippen molar-refractivity contribution in [3.8, 4) is 0 Å². The highest BCUT2D eigenvalue weighted by molar-refractivity contribution is 5.98. The minimum atomic E-state index is -1.11. The van der Waals surface area contributed by atoms with Crippen LogP contribution in [0.2, 0.25) is 0 Å². The van der Waals surface area contributed by atoms with Crippen molar-refractivity contribution in [3.05, 3.63) is 35.4 Å². The van der Waals surface area contributed by atoms with Gasteiger partial charge in [0.15, 0.2) is 5.78 Å². The Balaban J connectivity index is 2.07. The average molecular weight is 317 g/mol. The number of carbonyl (C=O) groups excluding carboxylic acids is 2. The predicted molar refractivity (Wildman–Crippen MR) is 87.4 cm³/mol. The molecular formula is C19H27NO3. The molecule has 1 aliphatic heterocycles. The molecule has 1 aromatic carbocycles. The molecule has 2 rings (SSSR count). The van der Waals surface area contributed by atoms with Crippen LogP contribution in [0.1, 0.15) is 62.4 Å². The number of quaternary nitrogens is 1. The molecule has 1 N–H and O–H groups in total. The predicted octanol–water partition coefficient (Wildman–Crippen LogP) is 0.744. The monoisotopic (exact) mass is 317 g/mol. The number of Topliss-reactive ketones (excluding diaryl/α,β-unsaturated/α-hetero) is 1. The van der Waals surface area contributed by atoms with E-state index in [4.69, 9.17) is 0 Å². The lowest BCUT2D eigenvalue weighted by Crippen LogP contribution is -3.18. The minimum Gasteiger partial charge on any atom is -0.544 e. The molecule has 126 valence electrons. The second-order valence-electron chi connectivity index (χ2n) is 7.55. The summed E-state index contributed by atoms with van der Waals surface area (Å²) in [5.41, 5.74) is 1.78. The molecule has 1 fully saturated rings. The Hall–Kier alpha value is -1.68. The Morgan fingerprint density at radius 2 is 1.65 bits per heavy atom. The number of hydrogen-bond acceptors (Lipinski definition) is 3. The smallest absolute Gasteiger partial charge is 0.169 e. The minimum absolute atomic E-state index is 0.0204. The Bertz CT molecular complexity index is 551. The molecule has 0 aliphatic carbocycles. The van der Waals surface area contributed by atoms with Gasteiger partial charge in [0.25, 0.3) is 0 Å². The number of carboxylic acid groups (broad SMARTS) is 1. The summed E-state index contributed by atoms with van der Waals surface area (Å²) < 4.78 is 0. The molecule has 0 spiro atoms. The third-order valence-corrected chi connectivity index (χ3v) is 4.74. The number of piperidine rings is 1. The second-order valence-corrected chi connectivity index (χ2v) is 7.55. The first-order valence-corrected chi connectivity index (χ1v) is 8.48. The van der Waals surface area contributed by atoms with E-state index in [0.29, 0.717) is 5.56 Å². The summed E-state index contributed by atoms with van der Waals surface area (Å²) in [6.45, 7) is 7.99. The average Bonchev–Trinajstić information content (AvgIpc) is 2.52. The standard InChI is InChI=1S/C19H27NO3/c1-19(2,3)15-9-7-14(8-10-15)17(21)13-16(18(22)23)20-11-5-4-6-12-20/h7-10,16H,4-6,11-13H2,1-3H3,(H,22,23)/t16-/m0/s1. The first kappa shape index (κ1) is 17.7. The van der Waals surface area contributed by atoms with E-state index in [1.165, 1.54) is 0 Å². The molecule has 23 heavy (non-hydrogen) atoms. The maximum atomic E-state index is 12.5. The van der Waals surface area contributed by atoms with Gasteiger partial charge in [0.2, 0.25) is 0 Å². The molecule has 0 saturated carbocycles. The molecule has 1 heterocycles. The number of carboxylic acids is 1. The van der Waals surface area contributed by atoms with Crippen molar-refractivity contribution < 1.29 is 19.6 Å². The molecule has 0 bridgehead atoms. The Labute approximate surface area is 138 Å². The highest BCUT2D eigenvalue weighted by Crippen LogP contribution is 2.22. The highest BCUT2D eigenvalue weighted by atomic mass is 16.4. The van der Waals surface area contributed by atoms with Crippen molar-refractivity contribution in [2.75, 3.05) is 13.1 Å². The van der Waals surface area contributed by atoms with Crippen LogP contribution in [0.3, 0.4) is 0 Å². The van der Waals surface area contributed by atoms with Gasteiger partial charge in [-0.15, -0.1) is 0 Å². The van der Waals surface area contributed by atoms with E-state index in [-0.39, 0.29) is 17.6 Å². The highest BCUT2D eigenvalue weighted by Gasteiger charge is 2.28. The third kappa shape index (κ3) is 4.64. The Morgan fingerprint density at radius 1 is 1.09 bits per heavy atom. The van der Waals surface area contributed by atoms with E-state index in [1.54, 1.807) is 12.1 Å². The number of ketones is 1. The second kappa shape index (κ2) is 7.26. The summed E-state index contributed by atoms with van der Waals surface area (Å²) in [5.74, 6) is -1.22. The molecule has 1 atom stereocenters. The zero-order valence-electron chi connectivity index (χ0n) is 14.4. The van der Waals surface area contributed by atoms with E-state index in [0.717, 1.165) is 42.8 Å². The number of carbonyl (C=O) groups is 2. The number of benzene rings is 1. The first-order chi connectivity index (χ1) is 10.8. The fourth-order valence-corrected chi connectivity index (χ4v) is 3.21. The molecule has 0 amide bonds. The van der Waals surface area contributed by atoms with Gasteiger partial charge in [-0.3, -0.25) is 4.79 Å². The molecule has 1 aromatic rings. The lowest BCUT2D eigenvalue weighted by atomic mass is 9.86. The van der Waals surface area contributed by atoms with Crippen molar-refractivity contribution in [2.24, 2.45) is 0 Å². The molecule has 0 radical (unpaired) electrons. The summed E-state index contributed by atoms with van der Waals surface area (Å²) >= 11 is 0. The van der Waals surface area contributed by atoms with Crippen LogP contribution in [0.5, 0.6) is 0 Å². The quantitative estimate of drug-likeness (QED) is 0.815. The number of nitrogens with one attached hydrogen (secondary N) is 1. The lowest BCUT2D eigenvalue weighted by Gasteiger charge is -2.31. The Morgan fingerprint density at radius 3 is 2.13 bits per heavy atom. The van der Waals surface area contributed by atoms with Crippen molar-refractivity contribution >= 4 is 11.8 Å². The van der Waals surface area contributed by atoms with Crippen LogP contribution in [0.4, 0.5) is 0 Å². The van der Waals surface area contributed by atoms with E-state index >= 15 is 0 Å². The van der Waals surface area contributed by atoms with Gasteiger partial charge in [-0.05, 0) is 30.2 Å². The van der Waals surface area contributed by atoms with E-state index in [2.05, 4.69) is 20.8 Å². The number of rotatable bonds is 5. The normalized spacial score (nSPS) is 17.7. The van der Waals surface area contributed by atoms with Crippen LogP contribution in [0.25, 0.3) is 0 Å². The van der Waals surface area contributed by atoms with Gasteiger partial charge >= 0.3 is 0 Å². The van der Waals surface area contributed by atoms with Crippen LogP contribution >= 0.6 is 0 Å². The van der Waals surface area contributed by atoms with Crippen LogP contribution in [-0.2, 0) is 10.2 Å². The maximum Gasteiger partial charge on any atom is 0.169 e. The van der Waals surface area contributed by atoms with Gasteiger partial charge in [0.1, 0.15) is 6.04 Å². The zero-order chi connectivity index (χ0) is 17.0. The summed E-state index contributed by atoms with van der Waals surface area (Å²) in [4.78, 5) is 24.9. The van der Waals surface area contributed by atoms with Gasteiger partial charge in [0, 0.05) is 5.56 Å². The fraction of sp³-hybridized carbons (Fsp3) is 0.579.